The Morgan fingerprint density at radius 3 is 2.88 bits per heavy atom. The van der Waals surface area contributed by atoms with E-state index in [-0.39, 0.29) is 18.7 Å². The van der Waals surface area contributed by atoms with Crippen molar-refractivity contribution in [2.75, 3.05) is 37.7 Å². The van der Waals surface area contributed by atoms with E-state index < -0.39 is 9.84 Å². The van der Waals surface area contributed by atoms with Gasteiger partial charge in [0.2, 0.25) is 0 Å². The quantitative estimate of drug-likeness (QED) is 0.698. The Bertz CT molecular complexity index is 345. The minimum atomic E-state index is -2.82. The van der Waals surface area contributed by atoms with Crippen LogP contribution < -0.4 is 5.32 Å². The standard InChI is InChI=1S/C11H22N2O3S/c14-6-2-10-8-12-4-1-5-13(10)11-3-7-17(15,16)9-11/h10-12,14H,1-9H2. The van der Waals surface area contributed by atoms with Crippen LogP contribution in [-0.4, -0.2) is 68.3 Å². The molecule has 17 heavy (non-hydrogen) atoms. The van der Waals surface area contributed by atoms with Gasteiger partial charge in [0, 0.05) is 31.8 Å². The first-order valence-electron chi connectivity index (χ1n) is 6.40. The van der Waals surface area contributed by atoms with Gasteiger partial charge in [0.05, 0.1) is 11.5 Å². The molecule has 2 aliphatic rings. The highest BCUT2D eigenvalue weighted by Crippen LogP contribution is 2.22. The Labute approximate surface area is 103 Å². The Balaban J connectivity index is 2.04. The Morgan fingerprint density at radius 1 is 1.41 bits per heavy atom. The van der Waals surface area contributed by atoms with E-state index in [0.717, 1.165) is 38.9 Å². The predicted octanol–water partition coefficient (Wildman–Crippen LogP) is -0.780. The molecule has 0 amide bonds. The van der Waals surface area contributed by atoms with Gasteiger partial charge in [-0.1, -0.05) is 0 Å². The zero-order valence-electron chi connectivity index (χ0n) is 10.1. The van der Waals surface area contributed by atoms with Gasteiger partial charge in [0.1, 0.15) is 0 Å². The third-order valence-corrected chi connectivity index (χ3v) is 5.51. The molecule has 0 bridgehead atoms. The minimum Gasteiger partial charge on any atom is -0.396 e. The van der Waals surface area contributed by atoms with E-state index >= 15 is 0 Å². The van der Waals surface area contributed by atoms with Crippen molar-refractivity contribution in [1.82, 2.24) is 10.2 Å². The number of nitrogens with zero attached hydrogens (tertiary/aromatic N) is 1. The van der Waals surface area contributed by atoms with Crippen molar-refractivity contribution in [3.8, 4) is 0 Å². The topological polar surface area (TPSA) is 69.6 Å². The molecule has 0 aromatic carbocycles. The molecule has 0 aliphatic carbocycles. The third-order valence-electron chi connectivity index (χ3n) is 3.76. The lowest BCUT2D eigenvalue weighted by molar-refractivity contribution is 0.129. The van der Waals surface area contributed by atoms with Gasteiger partial charge in [-0.25, -0.2) is 8.42 Å². The maximum absolute atomic E-state index is 11.5. The van der Waals surface area contributed by atoms with Crippen LogP contribution in [0.15, 0.2) is 0 Å². The first-order valence-corrected chi connectivity index (χ1v) is 8.22. The third kappa shape index (κ3) is 3.40. The van der Waals surface area contributed by atoms with E-state index in [1.165, 1.54) is 0 Å². The average Bonchev–Trinajstić information content (AvgIpc) is 2.51. The number of nitrogens with one attached hydrogen (secondary N) is 1. The molecule has 2 atom stereocenters. The van der Waals surface area contributed by atoms with Crippen LogP contribution in [0.2, 0.25) is 0 Å². The monoisotopic (exact) mass is 262 g/mol. The summed E-state index contributed by atoms with van der Waals surface area (Å²) in [7, 11) is -2.82. The molecule has 2 unspecified atom stereocenters. The van der Waals surface area contributed by atoms with Gasteiger partial charge in [0.25, 0.3) is 0 Å². The van der Waals surface area contributed by atoms with Crippen LogP contribution in [0.3, 0.4) is 0 Å². The molecule has 100 valence electrons. The highest BCUT2D eigenvalue weighted by molar-refractivity contribution is 7.91. The van der Waals surface area contributed by atoms with Crippen molar-refractivity contribution < 1.29 is 13.5 Å². The number of hydrogen-bond acceptors (Lipinski definition) is 5. The van der Waals surface area contributed by atoms with Crippen LogP contribution >= 0.6 is 0 Å². The fourth-order valence-corrected chi connectivity index (χ4v) is 4.63. The zero-order valence-corrected chi connectivity index (χ0v) is 11.0. The number of hydrogen-bond donors (Lipinski definition) is 2. The molecule has 2 heterocycles. The van der Waals surface area contributed by atoms with Crippen LogP contribution in [0.25, 0.3) is 0 Å². The van der Waals surface area contributed by atoms with Gasteiger partial charge < -0.3 is 10.4 Å². The molecule has 0 spiro atoms. The van der Waals surface area contributed by atoms with E-state index in [2.05, 4.69) is 10.2 Å². The lowest BCUT2D eigenvalue weighted by Gasteiger charge is -2.34. The molecule has 2 rings (SSSR count). The summed E-state index contributed by atoms with van der Waals surface area (Å²) < 4.78 is 23.1. The first kappa shape index (κ1) is 13.3. The van der Waals surface area contributed by atoms with Gasteiger partial charge >= 0.3 is 0 Å². The molecule has 0 aromatic rings. The molecule has 2 N–H and O–H groups in total. The van der Waals surface area contributed by atoms with Crippen molar-refractivity contribution in [3.05, 3.63) is 0 Å². The van der Waals surface area contributed by atoms with Crippen LogP contribution in [-0.2, 0) is 9.84 Å². The molecule has 2 fully saturated rings. The van der Waals surface area contributed by atoms with E-state index in [0.29, 0.717) is 11.5 Å². The highest BCUT2D eigenvalue weighted by atomic mass is 32.2. The van der Waals surface area contributed by atoms with Crippen LogP contribution in [0.1, 0.15) is 19.3 Å². The summed E-state index contributed by atoms with van der Waals surface area (Å²) in [6.45, 7) is 2.95. The number of aliphatic hydroxyl groups is 1. The first-order chi connectivity index (χ1) is 8.12. The predicted molar refractivity (Wildman–Crippen MR) is 66.7 cm³/mol. The van der Waals surface area contributed by atoms with E-state index in [1.54, 1.807) is 0 Å². The summed E-state index contributed by atoms with van der Waals surface area (Å²) in [6.07, 6.45) is 2.53. The fraction of sp³-hybridized carbons (Fsp3) is 1.00. The summed E-state index contributed by atoms with van der Waals surface area (Å²) in [4.78, 5) is 2.31. The maximum atomic E-state index is 11.5. The Hall–Kier alpha value is -0.170. The molecular formula is C11H22N2O3S. The zero-order chi connectivity index (χ0) is 12.3. The summed E-state index contributed by atoms with van der Waals surface area (Å²) in [5, 5.41) is 12.5. The van der Waals surface area contributed by atoms with Crippen LogP contribution in [0.5, 0.6) is 0 Å². The second-order valence-electron chi connectivity index (χ2n) is 5.02. The van der Waals surface area contributed by atoms with E-state index in [9.17, 15) is 8.42 Å². The normalized spacial score (nSPS) is 34.6. The summed E-state index contributed by atoms with van der Waals surface area (Å²) >= 11 is 0. The van der Waals surface area contributed by atoms with Crippen molar-refractivity contribution in [2.24, 2.45) is 0 Å². The molecule has 2 aliphatic heterocycles. The molecule has 0 saturated carbocycles. The second kappa shape index (κ2) is 5.65. The molecule has 0 radical (unpaired) electrons. The lowest BCUT2D eigenvalue weighted by atomic mass is 10.1. The average molecular weight is 262 g/mol. The van der Waals surface area contributed by atoms with Gasteiger partial charge in [-0.2, -0.15) is 0 Å². The summed E-state index contributed by atoms with van der Waals surface area (Å²) in [5.41, 5.74) is 0. The number of aliphatic hydroxyl groups excluding tert-OH is 1. The lowest BCUT2D eigenvalue weighted by Crippen LogP contribution is -2.47. The molecule has 5 nitrogen and oxygen atoms in total. The molecular weight excluding hydrogens is 240 g/mol. The molecule has 2 saturated heterocycles. The van der Waals surface area contributed by atoms with Crippen molar-refractivity contribution >= 4 is 9.84 Å². The Kier molecular flexibility index (Phi) is 4.41. The van der Waals surface area contributed by atoms with Gasteiger partial charge in [-0.05, 0) is 25.8 Å². The van der Waals surface area contributed by atoms with Crippen molar-refractivity contribution in [3.63, 3.8) is 0 Å². The Morgan fingerprint density at radius 2 is 2.24 bits per heavy atom. The fourth-order valence-electron chi connectivity index (χ4n) is 2.89. The maximum Gasteiger partial charge on any atom is 0.151 e. The number of rotatable bonds is 3. The minimum absolute atomic E-state index is 0.163. The number of sulfone groups is 1. The van der Waals surface area contributed by atoms with Gasteiger partial charge in [-0.15, -0.1) is 0 Å². The van der Waals surface area contributed by atoms with Crippen LogP contribution in [0, 0.1) is 0 Å². The highest BCUT2D eigenvalue weighted by Gasteiger charge is 2.35. The van der Waals surface area contributed by atoms with Crippen molar-refractivity contribution in [2.45, 2.75) is 31.3 Å². The SMILES string of the molecule is O=S1(=O)CCC(N2CCCNCC2CCO)C1. The smallest absolute Gasteiger partial charge is 0.151 e. The van der Waals surface area contributed by atoms with Gasteiger partial charge in [0.15, 0.2) is 9.84 Å². The van der Waals surface area contributed by atoms with Gasteiger partial charge in [-0.3, -0.25) is 4.90 Å². The summed E-state index contributed by atoms with van der Waals surface area (Å²) in [5.74, 6) is 0.627. The summed E-state index contributed by atoms with van der Waals surface area (Å²) in [6, 6.07) is 0.442. The van der Waals surface area contributed by atoms with E-state index in [4.69, 9.17) is 5.11 Å². The largest absolute Gasteiger partial charge is 0.396 e. The molecule has 6 heteroatoms. The van der Waals surface area contributed by atoms with Crippen LogP contribution in [0.4, 0.5) is 0 Å². The second-order valence-corrected chi connectivity index (χ2v) is 7.25. The van der Waals surface area contributed by atoms with Crippen molar-refractivity contribution in [1.29, 1.82) is 0 Å². The van der Waals surface area contributed by atoms with E-state index in [1.807, 2.05) is 0 Å². The molecule has 0 aromatic heterocycles.